The summed E-state index contributed by atoms with van der Waals surface area (Å²) in [6.45, 7) is -0.338. The molecule has 3 N–H and O–H groups in total. The van der Waals surface area contributed by atoms with Crippen LogP contribution in [0.2, 0.25) is 0 Å². The van der Waals surface area contributed by atoms with Crippen molar-refractivity contribution in [1.82, 2.24) is 0 Å². The molecule has 0 aromatic rings. The Kier molecular flexibility index (Phi) is 3.92. The molecule has 1 saturated carbocycles. The fraction of sp³-hybridized carbons (Fsp3) is 0.778. The van der Waals surface area contributed by atoms with E-state index in [1.807, 2.05) is 0 Å². The van der Waals surface area contributed by atoms with Crippen molar-refractivity contribution in [3.05, 3.63) is 0 Å². The van der Waals surface area contributed by atoms with E-state index in [1.165, 1.54) is 12.8 Å². The molecule has 0 unspecified atom stereocenters. The zero-order valence-corrected chi connectivity index (χ0v) is 7.12. The molecule has 0 aromatic carbocycles. The van der Waals surface area contributed by atoms with Gasteiger partial charge in [0.05, 0.1) is 0 Å². The Morgan fingerprint density at radius 3 is 2.83 bits per heavy atom. The maximum atomic E-state index is 8.31. The number of hydrogen-bond acceptors (Lipinski definition) is 3. The molecular weight excluding hydrogens is 154 g/mol. The van der Waals surface area contributed by atoms with Crippen molar-refractivity contribution in [2.75, 3.05) is 6.79 Å². The molecule has 0 saturated heterocycles. The number of nitrogens with two attached hydrogens (primary N) is 1. The highest BCUT2D eigenvalue weighted by atomic mass is 16.6. The highest BCUT2D eigenvalue weighted by Crippen LogP contribution is 2.21. The summed E-state index contributed by atoms with van der Waals surface area (Å²) in [6.07, 6.45) is 6.98. The van der Waals surface area contributed by atoms with Crippen molar-refractivity contribution < 1.29 is 9.84 Å². The summed E-state index contributed by atoms with van der Waals surface area (Å²) in [6, 6.07) is 0.188. The summed E-state index contributed by atoms with van der Waals surface area (Å²) in [5.41, 5.74) is 5.84. The summed E-state index contributed by atoms with van der Waals surface area (Å²) >= 11 is 0. The second-order valence-corrected chi connectivity index (χ2v) is 3.07. The molecule has 68 valence electrons. The second-order valence-electron chi connectivity index (χ2n) is 3.07. The molecule has 3 nitrogen and oxygen atoms in total. The molecule has 1 aliphatic carbocycles. The molecule has 1 rings (SSSR count). The summed E-state index contributed by atoms with van der Waals surface area (Å²) in [5, 5.41) is 8.31. The van der Waals surface area contributed by atoms with E-state index in [0.717, 1.165) is 12.8 Å². The summed E-state index contributed by atoms with van der Waals surface area (Å²) in [5.74, 6) is 3.17. The predicted octanol–water partition coefficient (Wildman–Crippen LogP) is 0.431. The standard InChI is InChI=1S/C9H15NO2/c10-9-4-2-1-3-8(9)5-6-12-7-11/h8-9,11H,1-4,7,10H2/t8-,9-/m1/s1. The third-order valence-corrected chi connectivity index (χ3v) is 2.20. The van der Waals surface area contributed by atoms with Crippen LogP contribution in [0.3, 0.4) is 0 Å². The average Bonchev–Trinajstić information content (AvgIpc) is 2.09. The van der Waals surface area contributed by atoms with Crippen molar-refractivity contribution >= 4 is 0 Å². The van der Waals surface area contributed by atoms with E-state index >= 15 is 0 Å². The van der Waals surface area contributed by atoms with Gasteiger partial charge < -0.3 is 15.6 Å². The van der Waals surface area contributed by atoms with E-state index in [4.69, 9.17) is 10.8 Å². The number of aliphatic hydroxyl groups excluding tert-OH is 1. The van der Waals surface area contributed by atoms with Gasteiger partial charge in [-0.1, -0.05) is 18.8 Å². The van der Waals surface area contributed by atoms with Crippen LogP contribution in [-0.2, 0) is 4.74 Å². The van der Waals surface area contributed by atoms with Crippen LogP contribution < -0.4 is 5.73 Å². The number of ether oxygens (including phenoxy) is 1. The number of rotatable bonds is 1. The van der Waals surface area contributed by atoms with Gasteiger partial charge in [0.25, 0.3) is 0 Å². The lowest BCUT2D eigenvalue weighted by Gasteiger charge is -2.23. The van der Waals surface area contributed by atoms with Crippen LogP contribution in [0, 0.1) is 17.9 Å². The smallest absolute Gasteiger partial charge is 0.197 e. The molecule has 0 radical (unpaired) electrons. The van der Waals surface area contributed by atoms with Crippen molar-refractivity contribution in [3.63, 3.8) is 0 Å². The van der Waals surface area contributed by atoms with Gasteiger partial charge in [-0.05, 0) is 12.8 Å². The van der Waals surface area contributed by atoms with Crippen molar-refractivity contribution in [1.29, 1.82) is 0 Å². The minimum absolute atomic E-state index is 0.188. The van der Waals surface area contributed by atoms with Gasteiger partial charge in [-0.2, -0.15) is 0 Å². The first-order valence-corrected chi connectivity index (χ1v) is 4.33. The fourth-order valence-corrected chi connectivity index (χ4v) is 1.49. The van der Waals surface area contributed by atoms with Crippen LogP contribution >= 0.6 is 0 Å². The van der Waals surface area contributed by atoms with Crippen LogP contribution in [0.25, 0.3) is 0 Å². The van der Waals surface area contributed by atoms with Crippen LogP contribution in [0.5, 0.6) is 0 Å². The van der Waals surface area contributed by atoms with Crippen LogP contribution in [-0.4, -0.2) is 17.9 Å². The SMILES string of the molecule is N[C@@H]1CCCC[C@@H]1C#COCO. The fourth-order valence-electron chi connectivity index (χ4n) is 1.49. The van der Waals surface area contributed by atoms with Crippen LogP contribution in [0.1, 0.15) is 25.7 Å². The molecule has 3 heteroatoms. The lowest BCUT2D eigenvalue weighted by Crippen LogP contribution is -2.32. The minimum Gasteiger partial charge on any atom is -0.418 e. The van der Waals surface area contributed by atoms with Gasteiger partial charge in [0, 0.05) is 12.0 Å². The molecule has 0 aliphatic heterocycles. The van der Waals surface area contributed by atoms with Gasteiger partial charge in [-0.3, -0.25) is 0 Å². The van der Waals surface area contributed by atoms with E-state index in [1.54, 1.807) is 0 Å². The summed E-state index contributed by atoms with van der Waals surface area (Å²) in [4.78, 5) is 0. The quantitative estimate of drug-likeness (QED) is 0.442. The largest absolute Gasteiger partial charge is 0.418 e. The highest BCUT2D eigenvalue weighted by Gasteiger charge is 2.19. The molecule has 1 fully saturated rings. The Bertz CT molecular complexity index is 183. The lowest BCUT2D eigenvalue weighted by atomic mass is 9.86. The maximum absolute atomic E-state index is 8.31. The second kappa shape index (κ2) is 5.02. The monoisotopic (exact) mass is 169 g/mol. The van der Waals surface area contributed by atoms with Crippen LogP contribution in [0.15, 0.2) is 0 Å². The first kappa shape index (κ1) is 9.37. The molecule has 0 spiro atoms. The lowest BCUT2D eigenvalue weighted by molar-refractivity contribution is 0.0738. The third-order valence-electron chi connectivity index (χ3n) is 2.20. The summed E-state index contributed by atoms with van der Waals surface area (Å²) < 4.78 is 4.52. The van der Waals surface area contributed by atoms with Crippen LogP contribution in [0.4, 0.5) is 0 Å². The third kappa shape index (κ3) is 2.72. The van der Waals surface area contributed by atoms with Gasteiger partial charge in [0.1, 0.15) is 6.11 Å². The molecule has 0 amide bonds. The molecule has 0 heterocycles. The maximum Gasteiger partial charge on any atom is 0.197 e. The Hall–Kier alpha value is -0.720. The van der Waals surface area contributed by atoms with Gasteiger partial charge in [0.15, 0.2) is 6.79 Å². The van der Waals surface area contributed by atoms with E-state index in [-0.39, 0.29) is 18.8 Å². The molecule has 0 bridgehead atoms. The predicted molar refractivity (Wildman–Crippen MR) is 45.9 cm³/mol. The molecule has 0 aromatic heterocycles. The number of hydrogen-bond donors (Lipinski definition) is 2. The average molecular weight is 169 g/mol. The van der Waals surface area contributed by atoms with Gasteiger partial charge in [0.2, 0.25) is 0 Å². The van der Waals surface area contributed by atoms with E-state index in [2.05, 4.69) is 16.8 Å². The van der Waals surface area contributed by atoms with Crippen molar-refractivity contribution in [2.24, 2.45) is 11.7 Å². The van der Waals surface area contributed by atoms with Crippen molar-refractivity contribution in [3.8, 4) is 12.0 Å². The Morgan fingerprint density at radius 2 is 2.17 bits per heavy atom. The Labute approximate surface area is 72.9 Å². The normalized spacial score (nSPS) is 28.8. The molecular formula is C9H15NO2. The topological polar surface area (TPSA) is 55.5 Å². The Morgan fingerprint density at radius 1 is 1.42 bits per heavy atom. The first-order valence-electron chi connectivity index (χ1n) is 4.33. The molecule has 1 aliphatic rings. The number of aliphatic hydroxyl groups is 1. The highest BCUT2D eigenvalue weighted by molar-refractivity contribution is 5.03. The van der Waals surface area contributed by atoms with E-state index < -0.39 is 0 Å². The molecule has 2 atom stereocenters. The van der Waals surface area contributed by atoms with Gasteiger partial charge >= 0.3 is 0 Å². The van der Waals surface area contributed by atoms with Gasteiger partial charge in [-0.25, -0.2) is 0 Å². The minimum atomic E-state index is -0.338. The van der Waals surface area contributed by atoms with E-state index in [0.29, 0.717) is 0 Å². The molecule has 12 heavy (non-hydrogen) atoms. The summed E-state index contributed by atoms with van der Waals surface area (Å²) in [7, 11) is 0. The Balaban J connectivity index is 2.34. The zero-order chi connectivity index (χ0) is 8.81. The first-order chi connectivity index (χ1) is 5.84. The zero-order valence-electron chi connectivity index (χ0n) is 7.12. The van der Waals surface area contributed by atoms with Crippen molar-refractivity contribution in [2.45, 2.75) is 31.7 Å². The van der Waals surface area contributed by atoms with E-state index in [9.17, 15) is 0 Å². The van der Waals surface area contributed by atoms with Gasteiger partial charge in [-0.15, -0.1) is 0 Å².